The summed E-state index contributed by atoms with van der Waals surface area (Å²) in [5.41, 5.74) is 1.91. The first-order valence-corrected chi connectivity index (χ1v) is 9.30. The molecule has 0 fully saturated rings. The molecular weight excluding hydrogens is 356 g/mol. The fourth-order valence-electron chi connectivity index (χ4n) is 2.91. The van der Waals surface area contributed by atoms with Crippen LogP contribution in [0.15, 0.2) is 48.7 Å². The molecule has 3 rings (SSSR count). The van der Waals surface area contributed by atoms with Crippen LogP contribution in [0.4, 0.5) is 0 Å². The van der Waals surface area contributed by atoms with E-state index in [9.17, 15) is 9.59 Å². The van der Waals surface area contributed by atoms with Crippen molar-refractivity contribution in [1.29, 1.82) is 0 Å². The third kappa shape index (κ3) is 4.31. The molecule has 0 saturated carbocycles. The number of imidazole rings is 1. The lowest BCUT2D eigenvalue weighted by molar-refractivity contribution is 0.0942. The number of benzene rings is 1. The molecule has 7 nitrogen and oxygen atoms in total. The zero-order chi connectivity index (χ0) is 19.9. The Morgan fingerprint density at radius 3 is 2.68 bits per heavy atom. The van der Waals surface area contributed by atoms with Crippen molar-refractivity contribution in [2.24, 2.45) is 0 Å². The van der Waals surface area contributed by atoms with Crippen LogP contribution in [0.3, 0.4) is 0 Å². The lowest BCUT2D eigenvalue weighted by Gasteiger charge is -2.06. The number of nitrogens with zero attached hydrogens (tertiary/aromatic N) is 2. The Labute approximate surface area is 163 Å². The van der Waals surface area contributed by atoms with Crippen LogP contribution in [0, 0.1) is 0 Å². The summed E-state index contributed by atoms with van der Waals surface area (Å²) < 4.78 is 6.86. The van der Waals surface area contributed by atoms with E-state index in [1.165, 1.54) is 0 Å². The van der Waals surface area contributed by atoms with Crippen molar-refractivity contribution in [3.8, 4) is 5.75 Å². The minimum atomic E-state index is -0.305. The zero-order valence-electron chi connectivity index (χ0n) is 16.1. The molecule has 1 aromatic carbocycles. The number of hydrogen-bond donors (Lipinski definition) is 2. The second-order valence-corrected chi connectivity index (χ2v) is 6.35. The number of aromatic nitrogens is 2. The van der Waals surface area contributed by atoms with Crippen LogP contribution in [0.2, 0.25) is 0 Å². The summed E-state index contributed by atoms with van der Waals surface area (Å²) in [6.07, 6.45) is 3.22. The second kappa shape index (κ2) is 9.03. The molecule has 0 spiro atoms. The first kappa shape index (κ1) is 19.4. The average Bonchev–Trinajstić information content (AvgIpc) is 3.12. The van der Waals surface area contributed by atoms with Crippen LogP contribution >= 0.6 is 0 Å². The molecule has 2 aromatic heterocycles. The number of rotatable bonds is 8. The Morgan fingerprint density at radius 1 is 1.07 bits per heavy atom. The number of fused-ring (bicyclic) bond motifs is 1. The molecule has 0 aliphatic rings. The van der Waals surface area contributed by atoms with Gasteiger partial charge in [-0.1, -0.05) is 25.1 Å². The summed E-state index contributed by atoms with van der Waals surface area (Å²) in [5.74, 6) is 0.397. The molecule has 2 N–H and O–H groups in total. The molecular formula is C21H24N4O3. The van der Waals surface area contributed by atoms with Crippen LogP contribution in [0.25, 0.3) is 5.52 Å². The summed E-state index contributed by atoms with van der Waals surface area (Å²) in [7, 11) is 1.62. The van der Waals surface area contributed by atoms with Crippen molar-refractivity contribution in [3.63, 3.8) is 0 Å². The maximum Gasteiger partial charge on any atom is 0.287 e. The van der Waals surface area contributed by atoms with Gasteiger partial charge in [-0.25, -0.2) is 4.98 Å². The number of carbonyl (C=O) groups excluding carboxylic acids is 2. The summed E-state index contributed by atoms with van der Waals surface area (Å²) >= 11 is 0. The number of pyridine rings is 1. The largest absolute Gasteiger partial charge is 0.497 e. The smallest absolute Gasteiger partial charge is 0.287 e. The lowest BCUT2D eigenvalue weighted by atomic mass is 10.1. The molecule has 146 valence electrons. The van der Waals surface area contributed by atoms with Gasteiger partial charge in [0, 0.05) is 19.3 Å². The summed E-state index contributed by atoms with van der Waals surface area (Å²) in [6, 6.07) is 13.1. The van der Waals surface area contributed by atoms with E-state index in [4.69, 9.17) is 4.74 Å². The summed E-state index contributed by atoms with van der Waals surface area (Å²) in [5, 5.41) is 5.69. The first-order chi connectivity index (χ1) is 13.6. The number of nitrogens with one attached hydrogen (secondary N) is 2. The van der Waals surface area contributed by atoms with E-state index in [0.29, 0.717) is 25.0 Å². The van der Waals surface area contributed by atoms with Gasteiger partial charge in [0.2, 0.25) is 5.82 Å². The van der Waals surface area contributed by atoms with Crippen molar-refractivity contribution in [2.75, 3.05) is 20.2 Å². The second-order valence-electron chi connectivity index (χ2n) is 6.35. The number of methoxy groups -OCH3 is 1. The van der Waals surface area contributed by atoms with E-state index < -0.39 is 0 Å². The molecule has 0 radical (unpaired) electrons. The van der Waals surface area contributed by atoms with Crippen molar-refractivity contribution in [1.82, 2.24) is 20.0 Å². The van der Waals surface area contributed by atoms with Crippen molar-refractivity contribution >= 4 is 17.3 Å². The molecule has 28 heavy (non-hydrogen) atoms. The third-order valence-electron chi connectivity index (χ3n) is 4.34. The standard InChI is InChI=1S/C21H24N4O3/c1-3-11-22-21(27)19-24-18(17-9-4-5-13-25(17)19)20(26)23-12-10-15-7-6-8-16(14-15)28-2/h4-9,13-14H,3,10-12H2,1-2H3,(H,22,27)(H,23,26). The van der Waals surface area contributed by atoms with Crippen LogP contribution in [0.1, 0.15) is 40.0 Å². The Hall–Kier alpha value is -3.35. The van der Waals surface area contributed by atoms with Gasteiger partial charge >= 0.3 is 0 Å². The molecule has 0 atom stereocenters. The Bertz CT molecular complexity index is 981. The SMILES string of the molecule is CCCNC(=O)c1nc(C(=O)NCCc2cccc(OC)c2)c2ccccn12. The monoisotopic (exact) mass is 380 g/mol. The lowest BCUT2D eigenvalue weighted by Crippen LogP contribution is -2.27. The highest BCUT2D eigenvalue weighted by atomic mass is 16.5. The molecule has 0 bridgehead atoms. The van der Waals surface area contributed by atoms with Gasteiger partial charge in [-0.2, -0.15) is 0 Å². The summed E-state index contributed by atoms with van der Waals surface area (Å²) in [6.45, 7) is 2.99. The van der Waals surface area contributed by atoms with Gasteiger partial charge in [0.15, 0.2) is 5.69 Å². The topological polar surface area (TPSA) is 84.7 Å². The highest BCUT2D eigenvalue weighted by Gasteiger charge is 2.20. The summed E-state index contributed by atoms with van der Waals surface area (Å²) in [4.78, 5) is 29.4. The zero-order valence-corrected chi connectivity index (χ0v) is 16.1. The Morgan fingerprint density at radius 2 is 1.89 bits per heavy atom. The van der Waals surface area contributed by atoms with E-state index in [-0.39, 0.29) is 23.3 Å². The fourth-order valence-corrected chi connectivity index (χ4v) is 2.91. The number of hydrogen-bond acceptors (Lipinski definition) is 4. The molecule has 0 unspecified atom stereocenters. The van der Waals surface area contributed by atoms with Crippen LogP contribution < -0.4 is 15.4 Å². The van der Waals surface area contributed by atoms with E-state index in [1.54, 1.807) is 29.8 Å². The predicted octanol–water partition coefficient (Wildman–Crippen LogP) is 2.46. The number of carbonyl (C=O) groups is 2. The van der Waals surface area contributed by atoms with Gasteiger partial charge in [-0.3, -0.25) is 14.0 Å². The van der Waals surface area contributed by atoms with Gasteiger partial charge in [0.1, 0.15) is 5.75 Å². The van der Waals surface area contributed by atoms with Gasteiger partial charge in [0.05, 0.1) is 12.6 Å². The van der Waals surface area contributed by atoms with Gasteiger partial charge in [-0.15, -0.1) is 0 Å². The highest BCUT2D eigenvalue weighted by Crippen LogP contribution is 2.14. The Kier molecular flexibility index (Phi) is 6.26. The van der Waals surface area contributed by atoms with Gasteiger partial charge in [0.25, 0.3) is 11.8 Å². The molecule has 0 saturated heterocycles. The van der Waals surface area contributed by atoms with Crippen LogP contribution in [-0.2, 0) is 6.42 Å². The van der Waals surface area contributed by atoms with Crippen molar-refractivity contribution in [2.45, 2.75) is 19.8 Å². The molecule has 0 aliphatic carbocycles. The molecule has 0 aliphatic heterocycles. The fraction of sp³-hybridized carbons (Fsp3) is 0.286. The van der Waals surface area contributed by atoms with Gasteiger partial charge < -0.3 is 15.4 Å². The van der Waals surface area contributed by atoms with Gasteiger partial charge in [-0.05, 0) is 42.7 Å². The quantitative estimate of drug-likeness (QED) is 0.629. The van der Waals surface area contributed by atoms with Crippen molar-refractivity contribution in [3.05, 3.63) is 65.7 Å². The highest BCUT2D eigenvalue weighted by molar-refractivity contribution is 6.02. The van der Waals surface area contributed by atoms with Crippen LogP contribution in [-0.4, -0.2) is 41.4 Å². The third-order valence-corrected chi connectivity index (χ3v) is 4.34. The molecule has 2 amide bonds. The maximum absolute atomic E-state index is 12.7. The minimum absolute atomic E-state index is 0.210. The minimum Gasteiger partial charge on any atom is -0.497 e. The maximum atomic E-state index is 12.7. The van der Waals surface area contributed by atoms with E-state index in [1.807, 2.05) is 37.3 Å². The molecule has 2 heterocycles. The number of amides is 2. The first-order valence-electron chi connectivity index (χ1n) is 9.30. The molecule has 7 heteroatoms. The van der Waals surface area contributed by atoms with E-state index in [0.717, 1.165) is 17.7 Å². The van der Waals surface area contributed by atoms with Crippen molar-refractivity contribution < 1.29 is 14.3 Å². The van der Waals surface area contributed by atoms with E-state index in [2.05, 4.69) is 15.6 Å². The van der Waals surface area contributed by atoms with Crippen LogP contribution in [0.5, 0.6) is 5.75 Å². The Balaban J connectivity index is 1.73. The number of ether oxygens (including phenoxy) is 1. The predicted molar refractivity (Wildman–Crippen MR) is 107 cm³/mol. The van der Waals surface area contributed by atoms with E-state index >= 15 is 0 Å². The average molecular weight is 380 g/mol. The normalized spacial score (nSPS) is 10.6. The molecule has 3 aromatic rings.